The smallest absolute Gasteiger partial charge is 0.296 e. The number of ketones is 1. The van der Waals surface area contributed by atoms with E-state index >= 15 is 0 Å². The van der Waals surface area contributed by atoms with Crippen molar-refractivity contribution in [3.63, 3.8) is 0 Å². The van der Waals surface area contributed by atoms with E-state index in [0.717, 1.165) is 5.56 Å². The molecule has 1 unspecified atom stereocenters. The molecule has 3 aromatic rings. The molecule has 176 valence electrons. The SMILES string of the molecule is CCOc1cc(/C(O)=C2/C(=O)C(=O)N(Cc3cccc(OC)c3)C2c2ccc(C)o2)ccc1Cl. The molecule has 0 aliphatic carbocycles. The van der Waals surface area contributed by atoms with E-state index in [1.165, 1.54) is 4.90 Å². The highest BCUT2D eigenvalue weighted by Gasteiger charge is 2.47. The van der Waals surface area contributed by atoms with Crippen LogP contribution in [0.15, 0.2) is 64.6 Å². The van der Waals surface area contributed by atoms with Crippen molar-refractivity contribution in [1.82, 2.24) is 4.90 Å². The Kier molecular flexibility index (Phi) is 6.65. The Morgan fingerprint density at radius 1 is 1.15 bits per heavy atom. The lowest BCUT2D eigenvalue weighted by molar-refractivity contribution is -0.140. The molecule has 1 N–H and O–H groups in total. The molecule has 7 nitrogen and oxygen atoms in total. The number of rotatable bonds is 7. The number of carbonyl (C=O) groups excluding carboxylic acids is 2. The Morgan fingerprint density at radius 2 is 1.94 bits per heavy atom. The zero-order valence-electron chi connectivity index (χ0n) is 19.0. The van der Waals surface area contributed by atoms with Gasteiger partial charge in [-0.3, -0.25) is 9.59 Å². The summed E-state index contributed by atoms with van der Waals surface area (Å²) >= 11 is 6.18. The molecule has 1 saturated heterocycles. The van der Waals surface area contributed by atoms with Gasteiger partial charge in [0.15, 0.2) is 0 Å². The number of halogens is 1. The van der Waals surface area contributed by atoms with Crippen LogP contribution >= 0.6 is 11.6 Å². The number of methoxy groups -OCH3 is 1. The fraction of sp³-hybridized carbons (Fsp3) is 0.231. The second-order valence-corrected chi connectivity index (χ2v) is 8.21. The first-order valence-corrected chi connectivity index (χ1v) is 11.1. The molecular formula is C26H24ClNO6. The summed E-state index contributed by atoms with van der Waals surface area (Å²) < 4.78 is 16.6. The zero-order chi connectivity index (χ0) is 24.4. The maximum Gasteiger partial charge on any atom is 0.296 e. The Balaban J connectivity index is 1.83. The molecule has 8 heteroatoms. The van der Waals surface area contributed by atoms with Crippen LogP contribution in [0.25, 0.3) is 5.76 Å². The van der Waals surface area contributed by atoms with Crippen LogP contribution < -0.4 is 9.47 Å². The zero-order valence-corrected chi connectivity index (χ0v) is 19.8. The minimum absolute atomic E-state index is 0.0629. The van der Waals surface area contributed by atoms with Crippen molar-refractivity contribution in [1.29, 1.82) is 0 Å². The number of ether oxygens (including phenoxy) is 2. The Hall–Kier alpha value is -3.71. The molecule has 34 heavy (non-hydrogen) atoms. The van der Waals surface area contributed by atoms with Crippen molar-refractivity contribution in [3.8, 4) is 11.5 Å². The van der Waals surface area contributed by atoms with Crippen molar-refractivity contribution >= 4 is 29.1 Å². The number of aliphatic hydroxyl groups excluding tert-OH is 1. The first-order chi connectivity index (χ1) is 16.3. The van der Waals surface area contributed by atoms with Crippen LogP contribution in [0.5, 0.6) is 11.5 Å². The van der Waals surface area contributed by atoms with Gasteiger partial charge in [-0.15, -0.1) is 0 Å². The van der Waals surface area contributed by atoms with Crippen molar-refractivity contribution < 1.29 is 28.6 Å². The first kappa shape index (κ1) is 23.4. The number of benzene rings is 2. The van der Waals surface area contributed by atoms with Crippen LogP contribution in [0.1, 0.15) is 35.6 Å². The summed E-state index contributed by atoms with van der Waals surface area (Å²) in [5.74, 6) is 0.124. The summed E-state index contributed by atoms with van der Waals surface area (Å²) in [6.07, 6.45) is 0. The summed E-state index contributed by atoms with van der Waals surface area (Å²) in [6, 6.07) is 14.4. The highest BCUT2D eigenvalue weighted by Crippen LogP contribution is 2.41. The monoisotopic (exact) mass is 481 g/mol. The van der Waals surface area contributed by atoms with E-state index in [-0.39, 0.29) is 17.9 Å². The van der Waals surface area contributed by atoms with Crippen molar-refractivity contribution in [3.05, 3.63) is 87.8 Å². The quantitative estimate of drug-likeness (QED) is 0.281. The average Bonchev–Trinajstić information content (AvgIpc) is 3.36. The molecule has 1 aliphatic rings. The summed E-state index contributed by atoms with van der Waals surface area (Å²) in [5, 5.41) is 11.6. The maximum atomic E-state index is 13.2. The van der Waals surface area contributed by atoms with Gasteiger partial charge >= 0.3 is 0 Å². The molecule has 1 atom stereocenters. The first-order valence-electron chi connectivity index (χ1n) is 10.7. The largest absolute Gasteiger partial charge is 0.507 e. The Morgan fingerprint density at radius 3 is 2.62 bits per heavy atom. The molecular weight excluding hydrogens is 458 g/mol. The lowest BCUT2D eigenvalue weighted by atomic mass is 9.99. The fourth-order valence-electron chi connectivity index (χ4n) is 3.98. The van der Waals surface area contributed by atoms with E-state index in [2.05, 4.69) is 0 Å². The number of hydrogen-bond donors (Lipinski definition) is 1. The van der Waals surface area contributed by atoms with E-state index in [4.69, 9.17) is 25.5 Å². The van der Waals surface area contributed by atoms with Gasteiger partial charge in [0.05, 0.1) is 24.3 Å². The molecule has 1 amide bonds. The number of nitrogens with zero attached hydrogens (tertiary/aromatic N) is 1. The topological polar surface area (TPSA) is 89.2 Å². The van der Waals surface area contributed by atoms with Crippen LogP contribution in [0.2, 0.25) is 5.02 Å². The number of hydrogen-bond acceptors (Lipinski definition) is 6. The Bertz CT molecular complexity index is 1280. The van der Waals surface area contributed by atoms with Crippen LogP contribution in [0.4, 0.5) is 0 Å². The number of furan rings is 1. The fourth-order valence-corrected chi connectivity index (χ4v) is 4.15. The van der Waals surface area contributed by atoms with Gasteiger partial charge in [-0.1, -0.05) is 23.7 Å². The van der Waals surface area contributed by atoms with Crippen molar-refractivity contribution in [2.45, 2.75) is 26.4 Å². The molecule has 1 aromatic heterocycles. The maximum absolute atomic E-state index is 13.2. The summed E-state index contributed by atoms with van der Waals surface area (Å²) in [5.41, 5.74) is 1.01. The summed E-state index contributed by atoms with van der Waals surface area (Å²) in [7, 11) is 1.56. The number of aryl methyl sites for hydroxylation is 1. The third-order valence-corrected chi connectivity index (χ3v) is 5.87. The number of aliphatic hydroxyl groups is 1. The van der Waals surface area contributed by atoms with E-state index in [1.807, 2.05) is 13.0 Å². The Labute approximate surface area is 202 Å². The lowest BCUT2D eigenvalue weighted by Crippen LogP contribution is -2.29. The molecule has 1 aliphatic heterocycles. The predicted molar refractivity (Wildman–Crippen MR) is 127 cm³/mol. The van der Waals surface area contributed by atoms with Gasteiger partial charge in [0, 0.05) is 12.1 Å². The average molecular weight is 482 g/mol. The molecule has 1 fully saturated rings. The molecule has 4 rings (SSSR count). The van der Waals surface area contributed by atoms with Crippen molar-refractivity contribution in [2.24, 2.45) is 0 Å². The van der Waals surface area contributed by atoms with Gasteiger partial charge in [0.1, 0.15) is 34.8 Å². The third-order valence-electron chi connectivity index (χ3n) is 5.56. The van der Waals surface area contributed by atoms with Gasteiger partial charge in [0.2, 0.25) is 0 Å². The molecule has 2 aromatic carbocycles. The van der Waals surface area contributed by atoms with E-state index in [9.17, 15) is 14.7 Å². The van der Waals surface area contributed by atoms with Gasteiger partial charge in [-0.05, 0) is 61.9 Å². The van der Waals surface area contributed by atoms with E-state index in [1.54, 1.807) is 62.6 Å². The second-order valence-electron chi connectivity index (χ2n) is 7.81. The number of likely N-dealkylation sites (tertiary alicyclic amines) is 1. The predicted octanol–water partition coefficient (Wildman–Crippen LogP) is 5.27. The number of Topliss-reactive ketones (excluding diaryl/α,β-unsaturated/α-hetero) is 1. The minimum atomic E-state index is -0.911. The highest BCUT2D eigenvalue weighted by molar-refractivity contribution is 6.46. The van der Waals surface area contributed by atoms with Gasteiger partial charge in [-0.25, -0.2) is 0 Å². The number of amides is 1. The summed E-state index contributed by atoms with van der Waals surface area (Å²) in [4.78, 5) is 27.7. The van der Waals surface area contributed by atoms with Crippen molar-refractivity contribution in [2.75, 3.05) is 13.7 Å². The highest BCUT2D eigenvalue weighted by atomic mass is 35.5. The molecule has 0 radical (unpaired) electrons. The molecule has 0 spiro atoms. The standard InChI is InChI=1S/C26H24ClNO6/c1-4-33-21-13-17(9-10-19(21)27)24(29)22-23(20-11-8-15(2)34-20)28(26(31)25(22)30)14-16-6-5-7-18(12-16)32-3/h5-13,23,29H,4,14H2,1-3H3/b24-22-. The van der Waals surface area contributed by atoms with Gasteiger partial charge < -0.3 is 23.9 Å². The van der Waals surface area contributed by atoms with E-state index < -0.39 is 17.7 Å². The van der Waals surface area contributed by atoms with Crippen LogP contribution in [-0.2, 0) is 16.1 Å². The lowest BCUT2D eigenvalue weighted by Gasteiger charge is -2.23. The molecule has 0 saturated carbocycles. The minimum Gasteiger partial charge on any atom is -0.507 e. The normalized spacial score (nSPS) is 17.3. The van der Waals surface area contributed by atoms with Crippen LogP contribution in [-0.4, -0.2) is 35.4 Å². The van der Waals surface area contributed by atoms with Gasteiger partial charge in [-0.2, -0.15) is 0 Å². The van der Waals surface area contributed by atoms with Crippen LogP contribution in [0, 0.1) is 6.92 Å². The van der Waals surface area contributed by atoms with E-state index in [0.29, 0.717) is 40.2 Å². The molecule has 2 heterocycles. The number of carbonyl (C=O) groups is 2. The summed E-state index contributed by atoms with van der Waals surface area (Å²) in [6.45, 7) is 4.08. The van der Waals surface area contributed by atoms with Gasteiger partial charge in [0.25, 0.3) is 11.7 Å². The second kappa shape index (κ2) is 9.65. The third kappa shape index (κ3) is 4.39. The van der Waals surface area contributed by atoms with Crippen LogP contribution in [0.3, 0.4) is 0 Å². The molecule has 0 bridgehead atoms.